The number of nitrogens with zero attached hydrogens (tertiary/aromatic N) is 2. The molecule has 2 saturated carbocycles. The van der Waals surface area contributed by atoms with E-state index in [9.17, 15) is 4.79 Å². The van der Waals surface area contributed by atoms with Gasteiger partial charge in [0.1, 0.15) is 0 Å². The van der Waals surface area contributed by atoms with Crippen LogP contribution in [0.1, 0.15) is 50.5 Å². The van der Waals surface area contributed by atoms with Crippen molar-refractivity contribution in [2.45, 2.75) is 44.9 Å². The Morgan fingerprint density at radius 3 is 2.52 bits per heavy atom. The van der Waals surface area contributed by atoms with Gasteiger partial charge in [0.2, 0.25) is 5.91 Å². The van der Waals surface area contributed by atoms with E-state index in [1.165, 1.54) is 12.0 Å². The van der Waals surface area contributed by atoms with Crippen molar-refractivity contribution in [3.05, 3.63) is 35.9 Å². The van der Waals surface area contributed by atoms with Crippen LogP contribution in [0.4, 0.5) is 0 Å². The zero-order valence-corrected chi connectivity index (χ0v) is 17.0. The Morgan fingerprint density at radius 1 is 1.19 bits per heavy atom. The molecule has 2 atom stereocenters. The second-order valence-corrected chi connectivity index (χ2v) is 8.28. The smallest absolute Gasteiger partial charge is 0.230 e. The van der Waals surface area contributed by atoms with Crippen LogP contribution >= 0.6 is 0 Å². The lowest BCUT2D eigenvalue weighted by molar-refractivity contribution is -0.138. The lowest BCUT2D eigenvalue weighted by atomic mass is 9.85. The van der Waals surface area contributed by atoms with Crippen molar-refractivity contribution in [1.82, 2.24) is 15.5 Å². The molecule has 0 saturated heterocycles. The maximum absolute atomic E-state index is 12.7. The minimum atomic E-state index is -0.308. The van der Waals surface area contributed by atoms with Gasteiger partial charge >= 0.3 is 0 Å². The number of hydrogen-bond acceptors (Lipinski definition) is 2. The molecule has 0 aliphatic heterocycles. The average molecular weight is 371 g/mol. The van der Waals surface area contributed by atoms with Gasteiger partial charge in [0, 0.05) is 27.2 Å². The van der Waals surface area contributed by atoms with Crippen LogP contribution in [0.3, 0.4) is 0 Å². The first-order valence-electron chi connectivity index (χ1n) is 10.3. The fourth-order valence-corrected chi connectivity index (χ4v) is 4.35. The number of carbonyl (C=O) groups is 1. The molecule has 5 heteroatoms. The Hall–Kier alpha value is -2.04. The summed E-state index contributed by atoms with van der Waals surface area (Å²) in [5.74, 6) is 2.40. The molecule has 1 aromatic carbocycles. The van der Waals surface area contributed by atoms with Crippen molar-refractivity contribution in [1.29, 1.82) is 0 Å². The van der Waals surface area contributed by atoms with Gasteiger partial charge in [-0.1, -0.05) is 43.2 Å². The first-order chi connectivity index (χ1) is 13.1. The molecule has 0 spiro atoms. The summed E-state index contributed by atoms with van der Waals surface area (Å²) in [4.78, 5) is 19.3. The van der Waals surface area contributed by atoms with Crippen molar-refractivity contribution >= 4 is 11.9 Å². The van der Waals surface area contributed by atoms with E-state index in [1.54, 1.807) is 4.90 Å². The Bertz CT molecular complexity index is 650. The molecule has 27 heavy (non-hydrogen) atoms. The summed E-state index contributed by atoms with van der Waals surface area (Å²) in [5.41, 5.74) is 1.13. The SMILES string of the molecule is CCNC(=NCC1(C(=O)N(C)C)CCCC1)NCC1CC1c1ccccc1. The molecule has 5 nitrogen and oxygen atoms in total. The first-order valence-corrected chi connectivity index (χ1v) is 10.3. The third-order valence-electron chi connectivity index (χ3n) is 5.99. The van der Waals surface area contributed by atoms with Gasteiger partial charge in [-0.25, -0.2) is 0 Å². The molecule has 0 bridgehead atoms. The number of rotatable bonds is 7. The predicted octanol–water partition coefficient (Wildman–Crippen LogP) is 2.99. The van der Waals surface area contributed by atoms with Gasteiger partial charge in [-0.05, 0) is 43.6 Å². The zero-order chi connectivity index (χ0) is 19.3. The summed E-state index contributed by atoms with van der Waals surface area (Å²) in [5, 5.41) is 6.85. The van der Waals surface area contributed by atoms with Gasteiger partial charge in [0.15, 0.2) is 5.96 Å². The maximum atomic E-state index is 12.7. The van der Waals surface area contributed by atoms with E-state index in [1.807, 2.05) is 14.1 Å². The summed E-state index contributed by atoms with van der Waals surface area (Å²) in [6.45, 7) is 4.41. The fourth-order valence-electron chi connectivity index (χ4n) is 4.35. The van der Waals surface area contributed by atoms with Crippen LogP contribution in [-0.2, 0) is 4.79 Å². The van der Waals surface area contributed by atoms with Gasteiger partial charge in [0.05, 0.1) is 12.0 Å². The molecule has 2 unspecified atom stereocenters. The molecular weight excluding hydrogens is 336 g/mol. The lowest BCUT2D eigenvalue weighted by Crippen LogP contribution is -2.43. The van der Waals surface area contributed by atoms with Crippen molar-refractivity contribution < 1.29 is 4.79 Å². The standard InChI is InChI=1S/C22H34N4O/c1-4-23-21(24-15-18-14-19(18)17-10-6-5-7-11-17)25-16-22(12-8-9-13-22)20(27)26(2)3/h5-7,10-11,18-19H,4,8-9,12-16H2,1-3H3,(H2,23,24,25). The molecule has 148 valence electrons. The normalized spacial score (nSPS) is 23.7. The van der Waals surface area contributed by atoms with Crippen LogP contribution in [0.5, 0.6) is 0 Å². The quantitative estimate of drug-likeness (QED) is 0.573. The first kappa shape index (κ1) is 19.7. The van der Waals surface area contributed by atoms with Crippen LogP contribution in [0, 0.1) is 11.3 Å². The van der Waals surface area contributed by atoms with Crippen LogP contribution in [0.25, 0.3) is 0 Å². The van der Waals surface area contributed by atoms with Gasteiger partial charge in [-0.15, -0.1) is 0 Å². The highest BCUT2D eigenvalue weighted by Crippen LogP contribution is 2.46. The van der Waals surface area contributed by atoms with Crippen LogP contribution in [0.15, 0.2) is 35.3 Å². The van der Waals surface area contributed by atoms with Crippen molar-refractivity contribution in [3.63, 3.8) is 0 Å². The third-order valence-corrected chi connectivity index (χ3v) is 5.99. The summed E-state index contributed by atoms with van der Waals surface area (Å²) < 4.78 is 0. The Labute approximate surface area is 163 Å². The van der Waals surface area contributed by atoms with E-state index in [0.29, 0.717) is 18.4 Å². The second-order valence-electron chi connectivity index (χ2n) is 8.28. The summed E-state index contributed by atoms with van der Waals surface area (Å²) in [7, 11) is 3.71. The van der Waals surface area contributed by atoms with E-state index in [2.05, 4.69) is 47.9 Å². The van der Waals surface area contributed by atoms with E-state index in [-0.39, 0.29) is 11.3 Å². The van der Waals surface area contributed by atoms with Crippen LogP contribution in [-0.4, -0.2) is 50.5 Å². The highest BCUT2D eigenvalue weighted by molar-refractivity contribution is 5.84. The number of amides is 1. The number of benzene rings is 1. The van der Waals surface area contributed by atoms with Crippen molar-refractivity contribution in [2.24, 2.45) is 16.3 Å². The molecule has 3 rings (SSSR count). The van der Waals surface area contributed by atoms with Crippen LogP contribution < -0.4 is 10.6 Å². The fraction of sp³-hybridized carbons (Fsp3) is 0.636. The molecule has 1 amide bonds. The largest absolute Gasteiger partial charge is 0.357 e. The maximum Gasteiger partial charge on any atom is 0.230 e. The number of guanidine groups is 1. The molecule has 2 fully saturated rings. The van der Waals surface area contributed by atoms with Crippen molar-refractivity contribution in [3.8, 4) is 0 Å². The number of aliphatic imine (C=N–C) groups is 1. The highest BCUT2D eigenvalue weighted by Gasteiger charge is 2.42. The second kappa shape index (κ2) is 8.77. The predicted molar refractivity (Wildman–Crippen MR) is 111 cm³/mol. The third kappa shape index (κ3) is 4.82. The Kier molecular flexibility index (Phi) is 6.40. The Morgan fingerprint density at radius 2 is 1.89 bits per heavy atom. The van der Waals surface area contributed by atoms with Gasteiger partial charge in [0.25, 0.3) is 0 Å². The molecule has 0 aromatic heterocycles. The summed E-state index contributed by atoms with van der Waals surface area (Å²) >= 11 is 0. The zero-order valence-electron chi connectivity index (χ0n) is 17.0. The van der Waals surface area contributed by atoms with Crippen molar-refractivity contribution in [2.75, 3.05) is 33.7 Å². The van der Waals surface area contributed by atoms with Gasteiger partial charge < -0.3 is 15.5 Å². The lowest BCUT2D eigenvalue weighted by Gasteiger charge is -2.29. The topological polar surface area (TPSA) is 56.7 Å². The molecule has 2 N–H and O–H groups in total. The van der Waals surface area contributed by atoms with Gasteiger partial charge in [-0.3, -0.25) is 9.79 Å². The monoisotopic (exact) mass is 370 g/mol. The summed E-state index contributed by atoms with van der Waals surface area (Å²) in [6.07, 6.45) is 5.39. The van der Waals surface area contributed by atoms with Crippen LogP contribution in [0.2, 0.25) is 0 Å². The average Bonchev–Trinajstić information content (AvgIpc) is 3.30. The molecule has 0 radical (unpaired) electrons. The van der Waals surface area contributed by atoms with E-state index >= 15 is 0 Å². The molecule has 2 aliphatic rings. The molecular formula is C22H34N4O. The number of nitrogens with one attached hydrogen (secondary N) is 2. The molecule has 2 aliphatic carbocycles. The minimum Gasteiger partial charge on any atom is -0.357 e. The van der Waals surface area contributed by atoms with Gasteiger partial charge in [-0.2, -0.15) is 0 Å². The number of carbonyl (C=O) groups excluding carboxylic acids is 1. The van der Waals surface area contributed by atoms with E-state index in [0.717, 1.165) is 44.7 Å². The highest BCUT2D eigenvalue weighted by atomic mass is 16.2. The summed E-state index contributed by atoms with van der Waals surface area (Å²) in [6, 6.07) is 10.8. The number of hydrogen-bond donors (Lipinski definition) is 2. The molecule has 0 heterocycles. The van der Waals surface area contributed by atoms with E-state index < -0.39 is 0 Å². The Balaban J connectivity index is 1.57. The van der Waals surface area contributed by atoms with E-state index in [4.69, 9.17) is 4.99 Å². The minimum absolute atomic E-state index is 0.228. The molecule has 1 aromatic rings.